The molecule has 2 aromatic rings. The molecule has 0 saturated carbocycles. The molecule has 1 aromatic heterocycles. The first-order chi connectivity index (χ1) is 14.0. The highest BCUT2D eigenvalue weighted by atomic mass is 19.1. The van der Waals surface area contributed by atoms with Crippen molar-refractivity contribution in [3.63, 3.8) is 0 Å². The SMILES string of the molecule is CCn1nccc1C(=O)NCCC1CCN(C(=O)Nc2cc(F)ccc2F)CC1. The summed E-state index contributed by atoms with van der Waals surface area (Å²) in [5, 5.41) is 9.43. The molecule has 1 saturated heterocycles. The van der Waals surface area contributed by atoms with E-state index in [-0.39, 0.29) is 11.6 Å². The Kier molecular flexibility index (Phi) is 6.79. The van der Waals surface area contributed by atoms with Crippen LogP contribution in [0.1, 0.15) is 36.7 Å². The summed E-state index contributed by atoms with van der Waals surface area (Å²) in [5.74, 6) is -1.03. The molecule has 7 nitrogen and oxygen atoms in total. The summed E-state index contributed by atoms with van der Waals surface area (Å²) < 4.78 is 28.6. The second-order valence-electron chi connectivity index (χ2n) is 7.06. The molecule has 0 spiro atoms. The molecule has 2 heterocycles. The first kappa shape index (κ1) is 20.8. The number of nitrogens with zero attached hydrogens (tertiary/aromatic N) is 3. The number of nitrogens with one attached hydrogen (secondary N) is 2. The molecule has 156 valence electrons. The number of hydrogen-bond acceptors (Lipinski definition) is 3. The molecule has 0 aliphatic carbocycles. The van der Waals surface area contributed by atoms with E-state index in [1.54, 1.807) is 21.8 Å². The number of piperidine rings is 1. The highest BCUT2D eigenvalue weighted by Gasteiger charge is 2.23. The number of rotatable bonds is 6. The summed E-state index contributed by atoms with van der Waals surface area (Å²) in [5.41, 5.74) is 0.384. The van der Waals surface area contributed by atoms with Gasteiger partial charge < -0.3 is 15.5 Å². The Hall–Kier alpha value is -2.97. The molecular formula is C20H25F2N5O2. The van der Waals surface area contributed by atoms with Crippen LogP contribution in [0, 0.1) is 17.6 Å². The largest absolute Gasteiger partial charge is 0.351 e. The number of aryl methyl sites for hydroxylation is 1. The fourth-order valence-electron chi connectivity index (χ4n) is 3.47. The minimum Gasteiger partial charge on any atom is -0.351 e. The zero-order valence-electron chi connectivity index (χ0n) is 16.3. The van der Waals surface area contributed by atoms with Crippen LogP contribution in [0.5, 0.6) is 0 Å². The van der Waals surface area contributed by atoms with Gasteiger partial charge >= 0.3 is 6.03 Å². The highest BCUT2D eigenvalue weighted by Crippen LogP contribution is 2.22. The van der Waals surface area contributed by atoms with Crippen LogP contribution in [0.3, 0.4) is 0 Å². The third-order valence-electron chi connectivity index (χ3n) is 5.16. The van der Waals surface area contributed by atoms with Crippen molar-refractivity contribution >= 4 is 17.6 Å². The average Bonchev–Trinajstić information content (AvgIpc) is 3.20. The summed E-state index contributed by atoms with van der Waals surface area (Å²) >= 11 is 0. The minimum atomic E-state index is -0.671. The van der Waals surface area contributed by atoms with Gasteiger partial charge in [-0.05, 0) is 50.3 Å². The number of hydrogen-bond donors (Lipinski definition) is 2. The number of urea groups is 1. The quantitative estimate of drug-likeness (QED) is 0.774. The lowest BCUT2D eigenvalue weighted by molar-refractivity contribution is 0.0939. The zero-order valence-corrected chi connectivity index (χ0v) is 16.3. The molecule has 9 heteroatoms. The van der Waals surface area contributed by atoms with Gasteiger partial charge in [-0.25, -0.2) is 13.6 Å². The van der Waals surface area contributed by atoms with Gasteiger partial charge in [-0.2, -0.15) is 5.10 Å². The van der Waals surface area contributed by atoms with Crippen molar-refractivity contribution in [3.05, 3.63) is 47.8 Å². The number of anilines is 1. The number of amides is 3. The van der Waals surface area contributed by atoms with Crippen molar-refractivity contribution < 1.29 is 18.4 Å². The maximum absolute atomic E-state index is 13.7. The summed E-state index contributed by atoms with van der Waals surface area (Å²) in [6.45, 7) is 4.18. The summed E-state index contributed by atoms with van der Waals surface area (Å²) in [4.78, 5) is 26.1. The van der Waals surface area contributed by atoms with Crippen molar-refractivity contribution in [2.75, 3.05) is 25.0 Å². The molecule has 0 bridgehead atoms. The normalized spacial score (nSPS) is 14.7. The molecule has 3 amide bonds. The molecule has 1 fully saturated rings. The fraction of sp³-hybridized carbons (Fsp3) is 0.450. The Labute approximate surface area is 168 Å². The molecule has 3 rings (SSSR count). The lowest BCUT2D eigenvalue weighted by Gasteiger charge is -2.32. The third kappa shape index (κ3) is 5.30. The van der Waals surface area contributed by atoms with Crippen molar-refractivity contribution in [2.24, 2.45) is 5.92 Å². The fourth-order valence-corrected chi connectivity index (χ4v) is 3.47. The molecule has 29 heavy (non-hydrogen) atoms. The number of halogens is 2. The molecule has 1 aromatic carbocycles. The van der Waals surface area contributed by atoms with Gasteiger partial charge in [0, 0.05) is 38.4 Å². The molecule has 0 unspecified atom stereocenters. The topological polar surface area (TPSA) is 79.3 Å². The van der Waals surface area contributed by atoms with Crippen LogP contribution < -0.4 is 10.6 Å². The smallest absolute Gasteiger partial charge is 0.321 e. The van der Waals surface area contributed by atoms with Gasteiger partial charge in [-0.1, -0.05) is 0 Å². The monoisotopic (exact) mass is 405 g/mol. The number of likely N-dealkylation sites (tertiary alicyclic amines) is 1. The molecule has 2 N–H and O–H groups in total. The predicted molar refractivity (Wildman–Crippen MR) is 105 cm³/mol. The van der Waals surface area contributed by atoms with Gasteiger partial charge in [0.2, 0.25) is 0 Å². The van der Waals surface area contributed by atoms with E-state index in [9.17, 15) is 18.4 Å². The average molecular weight is 405 g/mol. The molecular weight excluding hydrogens is 380 g/mol. The van der Waals surface area contributed by atoms with E-state index in [1.807, 2.05) is 6.92 Å². The first-order valence-corrected chi connectivity index (χ1v) is 9.79. The Morgan fingerprint density at radius 2 is 1.97 bits per heavy atom. The lowest BCUT2D eigenvalue weighted by atomic mass is 9.93. The number of benzene rings is 1. The number of carbonyl (C=O) groups excluding carboxylic acids is 2. The van der Waals surface area contributed by atoms with Gasteiger partial charge in [0.05, 0.1) is 5.69 Å². The molecule has 1 aliphatic rings. The van der Waals surface area contributed by atoms with Gasteiger partial charge in [-0.15, -0.1) is 0 Å². The van der Waals surface area contributed by atoms with Crippen LogP contribution in [0.4, 0.5) is 19.3 Å². The van der Waals surface area contributed by atoms with E-state index in [1.165, 1.54) is 0 Å². The van der Waals surface area contributed by atoms with Crippen LogP contribution in [-0.4, -0.2) is 46.3 Å². The zero-order chi connectivity index (χ0) is 20.8. The Morgan fingerprint density at radius 3 is 2.69 bits per heavy atom. The van der Waals surface area contributed by atoms with Crippen molar-refractivity contribution in [3.8, 4) is 0 Å². The lowest BCUT2D eigenvalue weighted by Crippen LogP contribution is -2.41. The number of carbonyl (C=O) groups is 2. The van der Waals surface area contributed by atoms with E-state index in [0.717, 1.165) is 37.5 Å². The Bertz CT molecular complexity index is 862. The standard InChI is InChI=1S/C20H25F2N5O2/c1-2-27-18(6-10-24-27)19(28)23-9-5-14-7-11-26(12-8-14)20(29)25-17-13-15(21)3-4-16(17)22/h3-4,6,10,13-14H,2,5,7-9,11-12H2,1H3,(H,23,28)(H,25,29). The van der Waals surface area contributed by atoms with E-state index >= 15 is 0 Å². The number of aromatic nitrogens is 2. The molecule has 0 atom stereocenters. The molecule has 1 aliphatic heterocycles. The third-order valence-corrected chi connectivity index (χ3v) is 5.16. The summed E-state index contributed by atoms with van der Waals surface area (Å²) in [6.07, 6.45) is 4.01. The Balaban J connectivity index is 1.40. The second-order valence-corrected chi connectivity index (χ2v) is 7.06. The van der Waals surface area contributed by atoms with Crippen LogP contribution in [-0.2, 0) is 6.54 Å². The van der Waals surface area contributed by atoms with Gasteiger partial charge in [-0.3, -0.25) is 9.48 Å². The van der Waals surface area contributed by atoms with Crippen LogP contribution in [0.15, 0.2) is 30.5 Å². The van der Waals surface area contributed by atoms with E-state index in [4.69, 9.17) is 0 Å². The Morgan fingerprint density at radius 1 is 1.21 bits per heavy atom. The van der Waals surface area contributed by atoms with Crippen molar-refractivity contribution in [1.29, 1.82) is 0 Å². The van der Waals surface area contributed by atoms with Gasteiger partial charge in [0.1, 0.15) is 17.3 Å². The summed E-state index contributed by atoms with van der Waals surface area (Å²) in [7, 11) is 0. The van der Waals surface area contributed by atoms with Crippen molar-refractivity contribution in [1.82, 2.24) is 20.0 Å². The van der Waals surface area contributed by atoms with Crippen LogP contribution in [0.2, 0.25) is 0 Å². The molecule has 0 radical (unpaired) electrons. The van der Waals surface area contributed by atoms with Gasteiger partial charge in [0.25, 0.3) is 5.91 Å². The van der Waals surface area contributed by atoms with E-state index < -0.39 is 17.7 Å². The van der Waals surface area contributed by atoms with Crippen LogP contribution in [0.25, 0.3) is 0 Å². The maximum Gasteiger partial charge on any atom is 0.321 e. The van der Waals surface area contributed by atoms with Crippen LogP contribution >= 0.6 is 0 Å². The first-order valence-electron chi connectivity index (χ1n) is 9.79. The van der Waals surface area contributed by atoms with E-state index in [2.05, 4.69) is 15.7 Å². The van der Waals surface area contributed by atoms with Crippen molar-refractivity contribution in [2.45, 2.75) is 32.7 Å². The van der Waals surface area contributed by atoms with Gasteiger partial charge in [0.15, 0.2) is 0 Å². The maximum atomic E-state index is 13.7. The van der Waals surface area contributed by atoms with E-state index in [0.29, 0.717) is 37.8 Å². The minimum absolute atomic E-state index is 0.140. The second kappa shape index (κ2) is 9.49. The predicted octanol–water partition coefficient (Wildman–Crippen LogP) is 3.25. The summed E-state index contributed by atoms with van der Waals surface area (Å²) in [6, 6.07) is 4.21. The highest BCUT2D eigenvalue weighted by molar-refractivity contribution is 5.92.